The normalized spacial score (nSPS) is 10.4. The zero-order valence-corrected chi connectivity index (χ0v) is 11.5. The summed E-state index contributed by atoms with van der Waals surface area (Å²) in [7, 11) is 4.01. The maximum absolute atomic E-state index is 4.41. The van der Waals surface area contributed by atoms with Crippen LogP contribution >= 0.6 is 0 Å². The molecule has 0 bridgehead atoms. The average Bonchev–Trinajstić information content (AvgIpc) is 2.37. The van der Waals surface area contributed by atoms with E-state index >= 15 is 0 Å². The second-order valence-electron chi connectivity index (χ2n) is 4.26. The zero-order chi connectivity index (χ0) is 12.7. The molecular formula is C13H24N4. The van der Waals surface area contributed by atoms with Crippen molar-refractivity contribution in [1.29, 1.82) is 0 Å². The number of rotatable bonds is 7. The predicted molar refractivity (Wildman–Crippen MR) is 73.8 cm³/mol. The van der Waals surface area contributed by atoms with E-state index in [1.165, 1.54) is 24.8 Å². The van der Waals surface area contributed by atoms with Crippen LogP contribution in [0.5, 0.6) is 0 Å². The minimum atomic E-state index is 0.944. The minimum absolute atomic E-state index is 0.944. The smallest absolute Gasteiger partial charge is 0.137 e. The van der Waals surface area contributed by atoms with Gasteiger partial charge in [-0.15, -0.1) is 0 Å². The molecule has 0 unspecified atom stereocenters. The molecule has 4 heteroatoms. The van der Waals surface area contributed by atoms with Crippen LogP contribution in [0, 0.1) is 0 Å². The fraction of sp³-hybridized carbons (Fsp3) is 0.692. The van der Waals surface area contributed by atoms with Crippen molar-refractivity contribution in [2.24, 2.45) is 0 Å². The summed E-state index contributed by atoms with van der Waals surface area (Å²) in [6.07, 6.45) is 6.33. The average molecular weight is 236 g/mol. The Labute approximate surface area is 104 Å². The highest BCUT2D eigenvalue weighted by atomic mass is 15.2. The first-order chi connectivity index (χ1) is 8.24. The molecule has 0 aliphatic heterocycles. The summed E-state index contributed by atoms with van der Waals surface area (Å²) in [5, 5.41) is 3.13. The molecule has 17 heavy (non-hydrogen) atoms. The Kier molecular flexibility index (Phi) is 5.73. The molecule has 0 aliphatic carbocycles. The third-order valence-corrected chi connectivity index (χ3v) is 2.97. The molecule has 1 rings (SSSR count). The third kappa shape index (κ3) is 3.58. The lowest BCUT2D eigenvalue weighted by Gasteiger charge is -2.21. The summed E-state index contributed by atoms with van der Waals surface area (Å²) in [6.45, 7) is 5.42. The first-order valence-electron chi connectivity index (χ1n) is 6.47. The summed E-state index contributed by atoms with van der Waals surface area (Å²) in [5.74, 6) is 2.00. The molecule has 0 amide bonds. The van der Waals surface area contributed by atoms with Crippen LogP contribution in [0.4, 0.5) is 11.6 Å². The number of nitrogens with one attached hydrogen (secondary N) is 1. The summed E-state index contributed by atoms with van der Waals surface area (Å²) in [4.78, 5) is 10.9. The molecule has 0 spiro atoms. The monoisotopic (exact) mass is 236 g/mol. The van der Waals surface area contributed by atoms with E-state index < -0.39 is 0 Å². The van der Waals surface area contributed by atoms with E-state index in [1.807, 2.05) is 7.05 Å². The lowest BCUT2D eigenvalue weighted by Crippen LogP contribution is -2.22. The molecule has 0 fully saturated rings. The Morgan fingerprint density at radius 1 is 1.24 bits per heavy atom. The second-order valence-corrected chi connectivity index (χ2v) is 4.26. The summed E-state index contributed by atoms with van der Waals surface area (Å²) < 4.78 is 0. The van der Waals surface area contributed by atoms with Gasteiger partial charge in [-0.1, -0.05) is 26.7 Å². The lowest BCUT2D eigenvalue weighted by atomic mass is 10.2. The fourth-order valence-corrected chi connectivity index (χ4v) is 1.98. The second kappa shape index (κ2) is 7.09. The maximum Gasteiger partial charge on any atom is 0.137 e. The van der Waals surface area contributed by atoms with Gasteiger partial charge < -0.3 is 10.2 Å². The maximum atomic E-state index is 4.41. The molecule has 1 aromatic rings. The molecule has 1 aromatic heterocycles. The largest absolute Gasteiger partial charge is 0.373 e. The zero-order valence-electron chi connectivity index (χ0n) is 11.5. The van der Waals surface area contributed by atoms with Crippen molar-refractivity contribution in [3.05, 3.63) is 11.9 Å². The molecule has 4 nitrogen and oxygen atoms in total. The molecule has 0 aliphatic rings. The van der Waals surface area contributed by atoms with Crippen LogP contribution in [0.15, 0.2) is 6.33 Å². The van der Waals surface area contributed by atoms with Gasteiger partial charge in [0.15, 0.2) is 0 Å². The molecule has 1 heterocycles. The van der Waals surface area contributed by atoms with Crippen LogP contribution in [0.3, 0.4) is 0 Å². The van der Waals surface area contributed by atoms with Gasteiger partial charge in [-0.05, 0) is 12.8 Å². The van der Waals surface area contributed by atoms with E-state index in [9.17, 15) is 0 Å². The third-order valence-electron chi connectivity index (χ3n) is 2.97. The van der Waals surface area contributed by atoms with Crippen LogP contribution < -0.4 is 10.2 Å². The highest BCUT2D eigenvalue weighted by Gasteiger charge is 2.11. The minimum Gasteiger partial charge on any atom is -0.373 e. The van der Waals surface area contributed by atoms with E-state index in [1.54, 1.807) is 6.33 Å². The fourth-order valence-electron chi connectivity index (χ4n) is 1.98. The van der Waals surface area contributed by atoms with Crippen molar-refractivity contribution < 1.29 is 0 Å². The van der Waals surface area contributed by atoms with Crippen molar-refractivity contribution in [2.75, 3.05) is 30.9 Å². The lowest BCUT2D eigenvalue weighted by molar-refractivity contribution is 0.699. The SMILES string of the molecule is CCCCCN(C)c1ncnc(NC)c1CC. The number of unbranched alkanes of at least 4 members (excludes halogenated alkanes) is 2. The molecule has 0 aromatic carbocycles. The first-order valence-corrected chi connectivity index (χ1v) is 6.47. The van der Waals surface area contributed by atoms with Crippen LogP contribution in [0.1, 0.15) is 38.7 Å². The number of anilines is 2. The first kappa shape index (κ1) is 13.7. The Morgan fingerprint density at radius 2 is 2.00 bits per heavy atom. The van der Waals surface area contributed by atoms with Crippen molar-refractivity contribution in [3.8, 4) is 0 Å². The molecule has 0 atom stereocenters. The Morgan fingerprint density at radius 3 is 2.59 bits per heavy atom. The number of hydrogen-bond donors (Lipinski definition) is 1. The van der Waals surface area contributed by atoms with Crippen molar-refractivity contribution in [1.82, 2.24) is 9.97 Å². The number of aromatic nitrogens is 2. The van der Waals surface area contributed by atoms with E-state index in [4.69, 9.17) is 0 Å². The molecule has 0 saturated heterocycles. The Bertz CT molecular complexity index is 338. The molecule has 96 valence electrons. The summed E-state index contributed by atoms with van der Waals surface area (Å²) >= 11 is 0. The van der Waals surface area contributed by atoms with Gasteiger partial charge in [0.1, 0.15) is 18.0 Å². The number of nitrogens with zero attached hydrogens (tertiary/aromatic N) is 3. The van der Waals surface area contributed by atoms with Crippen LogP contribution in [-0.4, -0.2) is 30.6 Å². The highest BCUT2D eigenvalue weighted by Crippen LogP contribution is 2.22. The predicted octanol–water partition coefficient (Wildman–Crippen LogP) is 2.71. The van der Waals surface area contributed by atoms with E-state index in [-0.39, 0.29) is 0 Å². The van der Waals surface area contributed by atoms with E-state index in [0.717, 1.165) is 24.6 Å². The van der Waals surface area contributed by atoms with Crippen molar-refractivity contribution >= 4 is 11.6 Å². The van der Waals surface area contributed by atoms with Crippen LogP contribution in [0.25, 0.3) is 0 Å². The van der Waals surface area contributed by atoms with Gasteiger partial charge in [0.2, 0.25) is 0 Å². The van der Waals surface area contributed by atoms with Crippen LogP contribution in [0.2, 0.25) is 0 Å². The quantitative estimate of drug-likeness (QED) is 0.739. The highest BCUT2D eigenvalue weighted by molar-refractivity contribution is 5.58. The van der Waals surface area contributed by atoms with E-state index in [2.05, 4.69) is 41.1 Å². The summed E-state index contributed by atoms with van der Waals surface area (Å²) in [6, 6.07) is 0. The number of hydrogen-bond acceptors (Lipinski definition) is 4. The Balaban J connectivity index is 2.81. The van der Waals surface area contributed by atoms with Gasteiger partial charge in [0.25, 0.3) is 0 Å². The van der Waals surface area contributed by atoms with Gasteiger partial charge in [0, 0.05) is 26.2 Å². The van der Waals surface area contributed by atoms with Crippen molar-refractivity contribution in [2.45, 2.75) is 39.5 Å². The molecular weight excluding hydrogens is 212 g/mol. The molecule has 0 radical (unpaired) electrons. The standard InChI is InChI=1S/C13H24N4/c1-5-7-8-9-17(4)13-11(6-2)12(14-3)15-10-16-13/h10H,5-9H2,1-4H3,(H,14,15,16). The topological polar surface area (TPSA) is 41.1 Å². The molecule has 0 saturated carbocycles. The summed E-state index contributed by atoms with van der Waals surface area (Å²) in [5.41, 5.74) is 1.20. The van der Waals surface area contributed by atoms with Crippen molar-refractivity contribution in [3.63, 3.8) is 0 Å². The van der Waals surface area contributed by atoms with E-state index in [0.29, 0.717) is 0 Å². The van der Waals surface area contributed by atoms with Gasteiger partial charge in [-0.25, -0.2) is 9.97 Å². The van der Waals surface area contributed by atoms with Gasteiger partial charge in [-0.3, -0.25) is 0 Å². The molecule has 1 N–H and O–H groups in total. The van der Waals surface area contributed by atoms with Crippen LogP contribution in [-0.2, 0) is 6.42 Å². The van der Waals surface area contributed by atoms with Gasteiger partial charge >= 0.3 is 0 Å². The van der Waals surface area contributed by atoms with Gasteiger partial charge in [-0.2, -0.15) is 0 Å². The van der Waals surface area contributed by atoms with Gasteiger partial charge in [0.05, 0.1) is 0 Å². The Hall–Kier alpha value is -1.32.